The van der Waals surface area contributed by atoms with Gasteiger partial charge in [-0.3, -0.25) is 9.69 Å². The zero-order valence-electron chi connectivity index (χ0n) is 10.8. The number of nitrogens with one attached hydrogen (secondary N) is 1. The monoisotopic (exact) mass is 265 g/mol. The SMILES string of the molecule is CCN(CC)CC(=O)Nc1ccccc1C(N)=S. The minimum absolute atomic E-state index is 0.0533. The molecule has 0 fully saturated rings. The Balaban J connectivity index is 2.73. The van der Waals surface area contributed by atoms with E-state index in [0.29, 0.717) is 17.8 Å². The van der Waals surface area contributed by atoms with Gasteiger partial charge in [-0.1, -0.05) is 38.2 Å². The van der Waals surface area contributed by atoms with E-state index in [1.165, 1.54) is 0 Å². The van der Waals surface area contributed by atoms with Crippen LogP contribution in [-0.2, 0) is 4.79 Å². The van der Waals surface area contributed by atoms with Crippen LogP contribution >= 0.6 is 12.2 Å². The van der Waals surface area contributed by atoms with Gasteiger partial charge in [-0.25, -0.2) is 0 Å². The molecule has 3 N–H and O–H groups in total. The third-order valence-electron chi connectivity index (χ3n) is 2.73. The summed E-state index contributed by atoms with van der Waals surface area (Å²) in [6.07, 6.45) is 0. The number of rotatable bonds is 6. The van der Waals surface area contributed by atoms with Gasteiger partial charge in [0.2, 0.25) is 5.91 Å². The summed E-state index contributed by atoms with van der Waals surface area (Å²) in [4.78, 5) is 14.2. The van der Waals surface area contributed by atoms with Crippen LogP contribution in [-0.4, -0.2) is 35.4 Å². The van der Waals surface area contributed by atoms with E-state index in [0.717, 1.165) is 13.1 Å². The van der Waals surface area contributed by atoms with Crippen molar-refractivity contribution in [2.75, 3.05) is 25.0 Å². The highest BCUT2D eigenvalue weighted by Gasteiger charge is 2.10. The molecule has 1 rings (SSSR count). The molecule has 0 radical (unpaired) electrons. The van der Waals surface area contributed by atoms with E-state index in [4.69, 9.17) is 18.0 Å². The van der Waals surface area contributed by atoms with E-state index in [1.807, 2.05) is 30.9 Å². The Bertz CT molecular complexity index is 430. The van der Waals surface area contributed by atoms with Crippen molar-refractivity contribution in [3.63, 3.8) is 0 Å². The number of carbonyl (C=O) groups is 1. The highest BCUT2D eigenvalue weighted by atomic mass is 32.1. The van der Waals surface area contributed by atoms with Gasteiger partial charge in [0, 0.05) is 5.56 Å². The Morgan fingerprint density at radius 1 is 1.33 bits per heavy atom. The van der Waals surface area contributed by atoms with Gasteiger partial charge in [0.15, 0.2) is 0 Å². The first-order valence-corrected chi connectivity index (χ1v) is 6.40. The summed E-state index contributed by atoms with van der Waals surface area (Å²) in [5.74, 6) is -0.0533. The first kappa shape index (κ1) is 14.6. The molecule has 1 amide bonds. The zero-order valence-corrected chi connectivity index (χ0v) is 11.6. The number of likely N-dealkylation sites (N-methyl/N-ethyl adjacent to an activating group) is 1. The second-order valence-electron chi connectivity index (χ2n) is 3.92. The fourth-order valence-corrected chi connectivity index (χ4v) is 1.83. The van der Waals surface area contributed by atoms with Crippen LogP contribution in [0.1, 0.15) is 19.4 Å². The molecule has 0 saturated carbocycles. The Morgan fingerprint density at radius 2 is 1.94 bits per heavy atom. The fraction of sp³-hybridized carbons (Fsp3) is 0.385. The number of para-hydroxylation sites is 1. The molecule has 18 heavy (non-hydrogen) atoms. The maximum atomic E-state index is 11.9. The molecule has 0 aromatic heterocycles. The number of benzene rings is 1. The molecule has 0 heterocycles. The first-order chi connectivity index (χ1) is 8.58. The van der Waals surface area contributed by atoms with Gasteiger partial charge in [-0.05, 0) is 25.2 Å². The van der Waals surface area contributed by atoms with Gasteiger partial charge in [0.1, 0.15) is 4.99 Å². The summed E-state index contributed by atoms with van der Waals surface area (Å²) >= 11 is 4.95. The van der Waals surface area contributed by atoms with Gasteiger partial charge < -0.3 is 11.1 Å². The summed E-state index contributed by atoms with van der Waals surface area (Å²) in [5.41, 5.74) is 6.98. The summed E-state index contributed by atoms with van der Waals surface area (Å²) in [7, 11) is 0. The Labute approximate surface area is 113 Å². The average molecular weight is 265 g/mol. The van der Waals surface area contributed by atoms with Crippen molar-refractivity contribution in [2.45, 2.75) is 13.8 Å². The predicted molar refractivity (Wildman–Crippen MR) is 78.7 cm³/mol. The molecule has 0 atom stereocenters. The number of amides is 1. The van der Waals surface area contributed by atoms with Crippen molar-refractivity contribution >= 4 is 28.8 Å². The normalized spacial score (nSPS) is 10.4. The van der Waals surface area contributed by atoms with Crippen molar-refractivity contribution in [2.24, 2.45) is 5.73 Å². The molecule has 5 heteroatoms. The molecular formula is C13H19N3OS. The van der Waals surface area contributed by atoms with Crippen molar-refractivity contribution in [3.8, 4) is 0 Å². The molecule has 0 aliphatic rings. The number of nitrogens with two attached hydrogens (primary N) is 1. The number of nitrogens with zero attached hydrogens (tertiary/aromatic N) is 1. The van der Waals surface area contributed by atoms with Gasteiger partial charge >= 0.3 is 0 Å². The standard InChI is InChI=1S/C13H19N3OS/c1-3-16(4-2)9-12(17)15-11-8-6-5-7-10(11)13(14)18/h5-8H,3-4,9H2,1-2H3,(H2,14,18)(H,15,17). The number of thiocarbonyl (C=S) groups is 1. The fourth-order valence-electron chi connectivity index (χ4n) is 1.65. The third-order valence-corrected chi connectivity index (χ3v) is 2.95. The van der Waals surface area contributed by atoms with E-state index >= 15 is 0 Å². The lowest BCUT2D eigenvalue weighted by atomic mass is 10.2. The summed E-state index contributed by atoms with van der Waals surface area (Å²) in [6.45, 7) is 6.12. The summed E-state index contributed by atoms with van der Waals surface area (Å²) < 4.78 is 0. The van der Waals surface area contributed by atoms with E-state index in [-0.39, 0.29) is 10.9 Å². The zero-order chi connectivity index (χ0) is 13.5. The van der Waals surface area contributed by atoms with Crippen LogP contribution in [0.5, 0.6) is 0 Å². The van der Waals surface area contributed by atoms with E-state index < -0.39 is 0 Å². The van der Waals surface area contributed by atoms with Gasteiger partial charge in [0.05, 0.1) is 12.2 Å². The highest BCUT2D eigenvalue weighted by molar-refractivity contribution is 7.80. The van der Waals surface area contributed by atoms with Crippen molar-refractivity contribution in [3.05, 3.63) is 29.8 Å². The van der Waals surface area contributed by atoms with E-state index in [1.54, 1.807) is 12.1 Å². The molecule has 4 nitrogen and oxygen atoms in total. The van der Waals surface area contributed by atoms with Crippen LogP contribution in [0.2, 0.25) is 0 Å². The summed E-state index contributed by atoms with van der Waals surface area (Å²) in [5, 5.41) is 2.84. The maximum Gasteiger partial charge on any atom is 0.238 e. The van der Waals surface area contributed by atoms with Crippen molar-refractivity contribution in [1.82, 2.24) is 4.90 Å². The quantitative estimate of drug-likeness (QED) is 0.767. The van der Waals surface area contributed by atoms with Crippen LogP contribution in [0, 0.1) is 0 Å². The molecule has 0 unspecified atom stereocenters. The lowest BCUT2D eigenvalue weighted by molar-refractivity contribution is -0.117. The second kappa shape index (κ2) is 7.08. The molecular weight excluding hydrogens is 246 g/mol. The summed E-state index contributed by atoms with van der Waals surface area (Å²) in [6, 6.07) is 7.29. The molecule has 98 valence electrons. The second-order valence-corrected chi connectivity index (χ2v) is 4.36. The lowest BCUT2D eigenvalue weighted by Crippen LogP contribution is -2.33. The number of carbonyl (C=O) groups excluding carboxylic acids is 1. The van der Waals surface area contributed by atoms with Gasteiger partial charge in [-0.2, -0.15) is 0 Å². The van der Waals surface area contributed by atoms with Crippen molar-refractivity contribution in [1.29, 1.82) is 0 Å². The number of hydrogen-bond acceptors (Lipinski definition) is 3. The third kappa shape index (κ3) is 4.09. The van der Waals surface area contributed by atoms with Crippen LogP contribution < -0.4 is 11.1 Å². The van der Waals surface area contributed by atoms with Gasteiger partial charge in [-0.15, -0.1) is 0 Å². The predicted octanol–water partition coefficient (Wildman–Crippen LogP) is 1.60. The largest absolute Gasteiger partial charge is 0.389 e. The minimum Gasteiger partial charge on any atom is -0.389 e. The topological polar surface area (TPSA) is 58.4 Å². The Kier molecular flexibility index (Phi) is 5.74. The number of anilines is 1. The Morgan fingerprint density at radius 3 is 2.50 bits per heavy atom. The Hall–Kier alpha value is -1.46. The minimum atomic E-state index is -0.0533. The highest BCUT2D eigenvalue weighted by Crippen LogP contribution is 2.14. The molecule has 0 aliphatic heterocycles. The first-order valence-electron chi connectivity index (χ1n) is 5.99. The van der Waals surface area contributed by atoms with Crippen LogP contribution in [0.25, 0.3) is 0 Å². The molecule has 1 aromatic rings. The van der Waals surface area contributed by atoms with Crippen LogP contribution in [0.4, 0.5) is 5.69 Å². The van der Waals surface area contributed by atoms with Crippen molar-refractivity contribution < 1.29 is 4.79 Å². The average Bonchev–Trinajstić information content (AvgIpc) is 2.36. The maximum absolute atomic E-state index is 11.9. The van der Waals surface area contributed by atoms with E-state index in [9.17, 15) is 4.79 Å². The number of hydrogen-bond donors (Lipinski definition) is 2. The lowest BCUT2D eigenvalue weighted by Gasteiger charge is -2.18. The molecule has 0 saturated heterocycles. The molecule has 0 aliphatic carbocycles. The van der Waals surface area contributed by atoms with Gasteiger partial charge in [0.25, 0.3) is 0 Å². The molecule has 0 bridgehead atoms. The van der Waals surface area contributed by atoms with Crippen LogP contribution in [0.15, 0.2) is 24.3 Å². The van der Waals surface area contributed by atoms with E-state index in [2.05, 4.69) is 5.32 Å². The van der Waals surface area contributed by atoms with Crippen LogP contribution in [0.3, 0.4) is 0 Å². The smallest absolute Gasteiger partial charge is 0.238 e. The molecule has 0 spiro atoms. The molecule has 1 aromatic carbocycles.